The zero-order valence-electron chi connectivity index (χ0n) is 15.2. The normalized spacial score (nSPS) is 15.8. The van der Waals surface area contributed by atoms with Crippen molar-refractivity contribution in [1.82, 2.24) is 9.88 Å². The SMILES string of the molecule is CC(C)(C)c1csc(C2=C(O)CN(Cc3cccc(C(F)(F)F)c3)C2=N)n1. The minimum atomic E-state index is -4.41. The summed E-state index contributed by atoms with van der Waals surface area (Å²) < 4.78 is 38.7. The van der Waals surface area contributed by atoms with Gasteiger partial charge in [-0.3, -0.25) is 5.41 Å². The van der Waals surface area contributed by atoms with Gasteiger partial charge in [-0.2, -0.15) is 13.2 Å². The molecule has 0 atom stereocenters. The molecule has 1 aromatic carbocycles. The minimum Gasteiger partial charge on any atom is -0.510 e. The van der Waals surface area contributed by atoms with Crippen LogP contribution in [0.3, 0.4) is 0 Å². The van der Waals surface area contributed by atoms with E-state index in [1.54, 1.807) is 6.07 Å². The van der Waals surface area contributed by atoms with Gasteiger partial charge in [0.15, 0.2) is 0 Å². The smallest absolute Gasteiger partial charge is 0.416 e. The van der Waals surface area contributed by atoms with Crippen molar-refractivity contribution in [1.29, 1.82) is 5.41 Å². The van der Waals surface area contributed by atoms with Gasteiger partial charge in [0.25, 0.3) is 0 Å². The predicted molar refractivity (Wildman–Crippen MR) is 99.9 cm³/mol. The Morgan fingerprint density at radius 3 is 2.56 bits per heavy atom. The largest absolute Gasteiger partial charge is 0.510 e. The number of rotatable bonds is 3. The highest BCUT2D eigenvalue weighted by molar-refractivity contribution is 7.11. The number of alkyl halides is 3. The predicted octanol–water partition coefficient (Wildman–Crippen LogP) is 5.22. The van der Waals surface area contributed by atoms with Crippen LogP contribution < -0.4 is 0 Å². The number of hydrogen-bond acceptors (Lipinski definition) is 4. The van der Waals surface area contributed by atoms with E-state index < -0.39 is 11.7 Å². The lowest BCUT2D eigenvalue weighted by Crippen LogP contribution is -2.26. The van der Waals surface area contributed by atoms with Gasteiger partial charge in [-0.15, -0.1) is 11.3 Å². The molecule has 0 saturated heterocycles. The molecule has 1 aromatic heterocycles. The van der Waals surface area contributed by atoms with Crippen LogP contribution in [0.2, 0.25) is 0 Å². The molecule has 3 rings (SSSR count). The van der Waals surface area contributed by atoms with Crippen LogP contribution in [-0.2, 0) is 18.1 Å². The molecule has 0 radical (unpaired) electrons. The van der Waals surface area contributed by atoms with Crippen LogP contribution in [0.5, 0.6) is 0 Å². The zero-order chi connectivity index (χ0) is 20.0. The molecule has 0 bridgehead atoms. The third kappa shape index (κ3) is 4.00. The van der Waals surface area contributed by atoms with Gasteiger partial charge in [-0.25, -0.2) is 4.98 Å². The molecule has 0 saturated carbocycles. The highest BCUT2D eigenvalue weighted by atomic mass is 32.1. The molecule has 1 aliphatic heterocycles. The molecule has 0 spiro atoms. The second-order valence-electron chi connectivity index (χ2n) is 7.51. The summed E-state index contributed by atoms with van der Waals surface area (Å²) in [5, 5.41) is 21.2. The number of nitrogens with one attached hydrogen (secondary N) is 1. The minimum absolute atomic E-state index is 0.0155. The Kier molecular flexibility index (Phi) is 4.80. The first-order valence-corrected chi connectivity index (χ1v) is 9.23. The van der Waals surface area contributed by atoms with Crippen LogP contribution in [0.15, 0.2) is 35.4 Å². The van der Waals surface area contributed by atoms with Crippen molar-refractivity contribution in [3.63, 3.8) is 0 Å². The van der Waals surface area contributed by atoms with E-state index in [1.807, 2.05) is 26.2 Å². The molecular formula is C19H20F3N3OS. The number of aliphatic hydroxyl groups is 1. The van der Waals surface area contributed by atoms with E-state index in [9.17, 15) is 18.3 Å². The highest BCUT2D eigenvalue weighted by Crippen LogP contribution is 2.34. The van der Waals surface area contributed by atoms with Crippen molar-refractivity contribution >= 4 is 22.7 Å². The second-order valence-corrected chi connectivity index (χ2v) is 8.37. The maximum Gasteiger partial charge on any atom is 0.416 e. The summed E-state index contributed by atoms with van der Waals surface area (Å²) >= 11 is 1.35. The van der Waals surface area contributed by atoms with E-state index in [-0.39, 0.29) is 30.1 Å². The first-order valence-electron chi connectivity index (χ1n) is 8.35. The van der Waals surface area contributed by atoms with E-state index >= 15 is 0 Å². The van der Waals surface area contributed by atoms with Gasteiger partial charge < -0.3 is 10.0 Å². The molecule has 2 N–H and O–H groups in total. The summed E-state index contributed by atoms with van der Waals surface area (Å²) in [6, 6.07) is 5.02. The third-order valence-corrected chi connectivity index (χ3v) is 5.16. The summed E-state index contributed by atoms with van der Waals surface area (Å²) in [5.41, 5.74) is 0.772. The van der Waals surface area contributed by atoms with Crippen LogP contribution in [0.1, 0.15) is 42.6 Å². The Labute approximate surface area is 159 Å². The molecule has 2 aromatic rings. The molecule has 1 aliphatic rings. The van der Waals surface area contributed by atoms with Gasteiger partial charge in [0.05, 0.1) is 23.4 Å². The number of nitrogens with zero attached hydrogens (tertiary/aromatic N) is 2. The number of aromatic nitrogens is 1. The van der Waals surface area contributed by atoms with Crippen LogP contribution >= 0.6 is 11.3 Å². The first-order chi connectivity index (χ1) is 12.5. The molecule has 0 unspecified atom stereocenters. The average molecular weight is 395 g/mol. The lowest BCUT2D eigenvalue weighted by Gasteiger charge is -2.19. The molecular weight excluding hydrogens is 375 g/mol. The number of hydrogen-bond donors (Lipinski definition) is 2. The number of halogens is 3. The standard InChI is InChI=1S/C19H20F3N3OS/c1-18(2,3)14-10-27-17(24-14)15-13(26)9-25(16(15)23)8-11-5-4-6-12(7-11)19(20,21)22/h4-7,10,23,26H,8-9H2,1-3H3. The highest BCUT2D eigenvalue weighted by Gasteiger charge is 2.33. The molecule has 2 heterocycles. The molecule has 144 valence electrons. The lowest BCUT2D eigenvalue weighted by molar-refractivity contribution is -0.137. The van der Waals surface area contributed by atoms with Gasteiger partial charge in [0, 0.05) is 17.3 Å². The molecule has 27 heavy (non-hydrogen) atoms. The fourth-order valence-corrected chi connectivity index (χ4v) is 3.91. The number of thiazole rings is 1. The number of benzene rings is 1. The Hall–Kier alpha value is -2.35. The Balaban J connectivity index is 1.81. The van der Waals surface area contributed by atoms with E-state index in [1.165, 1.54) is 22.3 Å². The zero-order valence-corrected chi connectivity index (χ0v) is 16.0. The van der Waals surface area contributed by atoms with E-state index in [0.29, 0.717) is 16.1 Å². The van der Waals surface area contributed by atoms with E-state index in [2.05, 4.69) is 4.98 Å². The first kappa shape index (κ1) is 19.4. The molecule has 0 fully saturated rings. The summed E-state index contributed by atoms with van der Waals surface area (Å²) in [6.07, 6.45) is -4.41. The number of aliphatic hydroxyl groups excluding tert-OH is 1. The van der Waals surface area contributed by atoms with Crippen molar-refractivity contribution in [2.24, 2.45) is 0 Å². The second kappa shape index (κ2) is 6.67. The van der Waals surface area contributed by atoms with Crippen molar-refractivity contribution in [3.8, 4) is 0 Å². The lowest BCUT2D eigenvalue weighted by atomic mass is 9.93. The van der Waals surface area contributed by atoms with E-state index in [4.69, 9.17) is 5.41 Å². The number of amidine groups is 1. The van der Waals surface area contributed by atoms with E-state index in [0.717, 1.165) is 17.8 Å². The summed E-state index contributed by atoms with van der Waals surface area (Å²) in [6.45, 7) is 6.27. The fourth-order valence-electron chi connectivity index (χ4n) is 2.79. The summed E-state index contributed by atoms with van der Waals surface area (Å²) in [5.74, 6) is 0.0847. The quantitative estimate of drug-likeness (QED) is 0.749. The average Bonchev–Trinajstić information content (AvgIpc) is 3.12. The maximum absolute atomic E-state index is 12.9. The van der Waals surface area contributed by atoms with Gasteiger partial charge in [-0.05, 0) is 17.7 Å². The molecule has 8 heteroatoms. The van der Waals surface area contributed by atoms with Gasteiger partial charge in [-0.1, -0.05) is 32.9 Å². The molecule has 0 amide bonds. The fraction of sp³-hybridized carbons (Fsp3) is 0.368. The van der Waals surface area contributed by atoms with Gasteiger partial charge >= 0.3 is 6.18 Å². The molecule has 0 aliphatic carbocycles. The van der Waals surface area contributed by atoms with Crippen LogP contribution in [-0.4, -0.2) is 27.4 Å². The van der Waals surface area contributed by atoms with Crippen LogP contribution in [0, 0.1) is 5.41 Å². The summed E-state index contributed by atoms with van der Waals surface area (Å²) in [4.78, 5) is 6.08. The summed E-state index contributed by atoms with van der Waals surface area (Å²) in [7, 11) is 0. The molecule has 4 nitrogen and oxygen atoms in total. The third-order valence-electron chi connectivity index (χ3n) is 4.30. The van der Waals surface area contributed by atoms with Crippen molar-refractivity contribution < 1.29 is 18.3 Å². The van der Waals surface area contributed by atoms with Crippen molar-refractivity contribution in [2.45, 2.75) is 38.9 Å². The Morgan fingerprint density at radius 2 is 1.96 bits per heavy atom. The topological polar surface area (TPSA) is 60.2 Å². The van der Waals surface area contributed by atoms with Crippen LogP contribution in [0.4, 0.5) is 13.2 Å². The van der Waals surface area contributed by atoms with Crippen molar-refractivity contribution in [3.05, 3.63) is 57.2 Å². The van der Waals surface area contributed by atoms with Crippen LogP contribution in [0.25, 0.3) is 5.57 Å². The Morgan fingerprint density at radius 1 is 1.26 bits per heavy atom. The Bertz CT molecular complexity index is 909. The van der Waals surface area contributed by atoms with Gasteiger partial charge in [0.1, 0.15) is 16.6 Å². The monoisotopic (exact) mass is 395 g/mol. The maximum atomic E-state index is 12.9. The van der Waals surface area contributed by atoms with Crippen molar-refractivity contribution in [2.75, 3.05) is 6.54 Å². The van der Waals surface area contributed by atoms with Gasteiger partial charge in [0.2, 0.25) is 0 Å².